The summed E-state index contributed by atoms with van der Waals surface area (Å²) in [6.07, 6.45) is 1.89. The molecule has 0 radical (unpaired) electrons. The molecule has 1 aliphatic carbocycles. The fourth-order valence-electron chi connectivity index (χ4n) is 3.34. The highest BCUT2D eigenvalue weighted by molar-refractivity contribution is 5.91. The minimum absolute atomic E-state index is 0.269. The predicted octanol–water partition coefficient (Wildman–Crippen LogP) is 3.63. The third-order valence-corrected chi connectivity index (χ3v) is 5.01. The number of hydrogen-bond acceptors (Lipinski definition) is 7. The molecule has 0 atom stereocenters. The number of hydrogen-bond donors (Lipinski definition) is 1. The van der Waals surface area contributed by atoms with Crippen LogP contribution < -0.4 is 14.2 Å². The summed E-state index contributed by atoms with van der Waals surface area (Å²) >= 11 is 0. The first-order valence-corrected chi connectivity index (χ1v) is 9.87. The van der Waals surface area contributed by atoms with Gasteiger partial charge in [0.25, 0.3) is 0 Å². The van der Waals surface area contributed by atoms with Crippen molar-refractivity contribution in [1.82, 2.24) is 0 Å². The summed E-state index contributed by atoms with van der Waals surface area (Å²) < 4.78 is 15.6. The highest BCUT2D eigenvalue weighted by Crippen LogP contribution is 2.30. The second kappa shape index (κ2) is 9.88. The van der Waals surface area contributed by atoms with Gasteiger partial charge >= 0.3 is 23.9 Å². The lowest BCUT2D eigenvalue weighted by atomic mass is 9.82. The number of esters is 3. The molecule has 2 aromatic carbocycles. The minimum atomic E-state index is -0.824. The number of carboxylic acid groups (broad SMARTS) is 1. The molecule has 1 saturated carbocycles. The highest BCUT2D eigenvalue weighted by atomic mass is 16.5. The number of carbonyl (C=O) groups excluding carboxylic acids is 3. The Bertz CT molecular complexity index is 954. The van der Waals surface area contributed by atoms with Crippen LogP contribution in [0.5, 0.6) is 17.2 Å². The standard InChI is InChI=1S/C23H22O8/c1-14(24)29-18-10-12-20(13-11-18)31-23(28)17-6-8-19(9-7-17)30-22(27)16-4-2-15(3-5-16)21(25)26/h6-13,15-16H,2-5H2,1H3,(H,25,26). The van der Waals surface area contributed by atoms with Gasteiger partial charge in [-0.05, 0) is 74.2 Å². The fourth-order valence-corrected chi connectivity index (χ4v) is 3.34. The number of carboxylic acids is 1. The monoisotopic (exact) mass is 426 g/mol. The largest absolute Gasteiger partial charge is 0.481 e. The van der Waals surface area contributed by atoms with Gasteiger partial charge in [-0.1, -0.05) is 0 Å². The molecule has 1 N–H and O–H groups in total. The Kier molecular flexibility index (Phi) is 7.02. The summed E-state index contributed by atoms with van der Waals surface area (Å²) in [6, 6.07) is 12.0. The summed E-state index contributed by atoms with van der Waals surface area (Å²) in [5, 5.41) is 9.03. The molecule has 162 valence electrons. The number of benzene rings is 2. The zero-order valence-electron chi connectivity index (χ0n) is 16.9. The Morgan fingerprint density at radius 1 is 0.710 bits per heavy atom. The second-order valence-electron chi connectivity index (χ2n) is 7.29. The van der Waals surface area contributed by atoms with Crippen molar-refractivity contribution in [3.63, 3.8) is 0 Å². The van der Waals surface area contributed by atoms with E-state index in [1.807, 2.05) is 0 Å². The Morgan fingerprint density at radius 3 is 1.68 bits per heavy atom. The number of aliphatic carboxylic acids is 1. The molecule has 0 unspecified atom stereocenters. The summed E-state index contributed by atoms with van der Waals surface area (Å²) in [6.45, 7) is 1.29. The number of rotatable bonds is 6. The van der Waals surface area contributed by atoms with E-state index >= 15 is 0 Å². The lowest BCUT2D eigenvalue weighted by molar-refractivity contribution is -0.146. The van der Waals surface area contributed by atoms with Gasteiger partial charge in [-0.25, -0.2) is 4.79 Å². The Morgan fingerprint density at radius 2 is 1.16 bits per heavy atom. The van der Waals surface area contributed by atoms with Crippen LogP contribution in [0.4, 0.5) is 0 Å². The maximum absolute atomic E-state index is 12.3. The van der Waals surface area contributed by atoms with Gasteiger partial charge in [0.2, 0.25) is 0 Å². The molecule has 31 heavy (non-hydrogen) atoms. The van der Waals surface area contributed by atoms with Gasteiger partial charge in [-0.2, -0.15) is 0 Å². The molecule has 3 rings (SSSR count). The highest BCUT2D eigenvalue weighted by Gasteiger charge is 2.30. The lowest BCUT2D eigenvalue weighted by Gasteiger charge is -2.24. The van der Waals surface area contributed by atoms with Gasteiger partial charge in [-0.3, -0.25) is 14.4 Å². The van der Waals surface area contributed by atoms with E-state index in [9.17, 15) is 19.2 Å². The summed E-state index contributed by atoms with van der Waals surface area (Å²) in [5.74, 6) is -2.05. The molecule has 1 fully saturated rings. The molecule has 0 spiro atoms. The normalized spacial score (nSPS) is 18.0. The van der Waals surface area contributed by atoms with Gasteiger partial charge < -0.3 is 19.3 Å². The Hall–Kier alpha value is -3.68. The van der Waals surface area contributed by atoms with E-state index in [1.54, 1.807) is 0 Å². The zero-order valence-corrected chi connectivity index (χ0v) is 16.9. The third kappa shape index (κ3) is 6.15. The van der Waals surface area contributed by atoms with Crippen LogP contribution in [0, 0.1) is 11.8 Å². The SMILES string of the molecule is CC(=O)Oc1ccc(OC(=O)c2ccc(OC(=O)C3CCC(C(=O)O)CC3)cc2)cc1. The summed E-state index contributed by atoms with van der Waals surface area (Å²) in [4.78, 5) is 46.5. The first kappa shape index (κ1) is 22.0. The van der Waals surface area contributed by atoms with Crippen molar-refractivity contribution >= 4 is 23.9 Å². The van der Waals surface area contributed by atoms with Gasteiger partial charge in [0, 0.05) is 6.92 Å². The van der Waals surface area contributed by atoms with Crippen LogP contribution in [-0.4, -0.2) is 29.0 Å². The van der Waals surface area contributed by atoms with Crippen molar-refractivity contribution in [2.45, 2.75) is 32.6 Å². The van der Waals surface area contributed by atoms with Gasteiger partial charge in [-0.15, -0.1) is 0 Å². The van der Waals surface area contributed by atoms with Crippen molar-refractivity contribution in [3.8, 4) is 17.2 Å². The molecule has 8 heteroatoms. The number of ether oxygens (including phenoxy) is 3. The van der Waals surface area contributed by atoms with E-state index in [0.29, 0.717) is 37.2 Å². The van der Waals surface area contributed by atoms with Crippen LogP contribution in [0.1, 0.15) is 43.0 Å². The molecule has 1 aliphatic rings. The maximum Gasteiger partial charge on any atom is 0.343 e. The van der Waals surface area contributed by atoms with Gasteiger partial charge in [0.15, 0.2) is 0 Å². The van der Waals surface area contributed by atoms with Crippen molar-refractivity contribution in [2.24, 2.45) is 11.8 Å². The lowest BCUT2D eigenvalue weighted by Crippen LogP contribution is -2.28. The molecular formula is C23H22O8. The molecule has 0 amide bonds. The van der Waals surface area contributed by atoms with E-state index in [2.05, 4.69) is 0 Å². The van der Waals surface area contributed by atoms with E-state index in [-0.39, 0.29) is 17.2 Å². The predicted molar refractivity (Wildman–Crippen MR) is 108 cm³/mol. The van der Waals surface area contributed by atoms with E-state index < -0.39 is 29.8 Å². The van der Waals surface area contributed by atoms with E-state index in [1.165, 1.54) is 55.5 Å². The molecule has 0 aromatic heterocycles. The van der Waals surface area contributed by atoms with Crippen LogP contribution in [0.2, 0.25) is 0 Å². The van der Waals surface area contributed by atoms with E-state index in [0.717, 1.165) is 0 Å². The second-order valence-corrected chi connectivity index (χ2v) is 7.29. The smallest absolute Gasteiger partial charge is 0.343 e. The van der Waals surface area contributed by atoms with Crippen molar-refractivity contribution in [3.05, 3.63) is 54.1 Å². The topological polar surface area (TPSA) is 116 Å². The quantitative estimate of drug-likeness (QED) is 0.550. The fraction of sp³-hybridized carbons (Fsp3) is 0.304. The number of carbonyl (C=O) groups is 4. The molecule has 2 aromatic rings. The average Bonchev–Trinajstić information content (AvgIpc) is 2.75. The van der Waals surface area contributed by atoms with Gasteiger partial charge in [0.05, 0.1) is 17.4 Å². The molecule has 0 bridgehead atoms. The molecule has 0 heterocycles. The third-order valence-electron chi connectivity index (χ3n) is 5.01. The molecule has 0 aliphatic heterocycles. The average molecular weight is 426 g/mol. The summed E-state index contributed by atoms with van der Waals surface area (Å²) in [7, 11) is 0. The van der Waals surface area contributed by atoms with Crippen LogP contribution in [-0.2, 0) is 14.4 Å². The van der Waals surface area contributed by atoms with Crippen molar-refractivity contribution in [2.75, 3.05) is 0 Å². The van der Waals surface area contributed by atoms with Crippen molar-refractivity contribution in [1.29, 1.82) is 0 Å². The minimum Gasteiger partial charge on any atom is -0.481 e. The Balaban J connectivity index is 1.52. The van der Waals surface area contributed by atoms with E-state index in [4.69, 9.17) is 19.3 Å². The van der Waals surface area contributed by atoms with Crippen LogP contribution >= 0.6 is 0 Å². The zero-order chi connectivity index (χ0) is 22.4. The maximum atomic E-state index is 12.3. The van der Waals surface area contributed by atoms with Crippen LogP contribution in [0.15, 0.2) is 48.5 Å². The molecule has 8 nitrogen and oxygen atoms in total. The van der Waals surface area contributed by atoms with Crippen molar-refractivity contribution < 1.29 is 38.5 Å². The molecule has 0 saturated heterocycles. The van der Waals surface area contributed by atoms with Crippen LogP contribution in [0.3, 0.4) is 0 Å². The first-order valence-electron chi connectivity index (χ1n) is 9.87. The van der Waals surface area contributed by atoms with Crippen LogP contribution in [0.25, 0.3) is 0 Å². The van der Waals surface area contributed by atoms with Gasteiger partial charge in [0.1, 0.15) is 17.2 Å². The first-order chi connectivity index (χ1) is 14.8. The summed E-state index contributed by atoms with van der Waals surface area (Å²) in [5.41, 5.74) is 0.269. The molecular weight excluding hydrogens is 404 g/mol. The Labute approximate surface area is 178 Å².